The molecule has 0 aromatic heterocycles. The predicted molar refractivity (Wildman–Crippen MR) is 63.5 cm³/mol. The Morgan fingerprint density at radius 3 is 2.29 bits per heavy atom. The normalized spacial score (nSPS) is 33.5. The van der Waals surface area contributed by atoms with Gasteiger partial charge in [-0.15, -0.1) is 11.8 Å². The van der Waals surface area contributed by atoms with Crippen molar-refractivity contribution in [3.63, 3.8) is 0 Å². The summed E-state index contributed by atoms with van der Waals surface area (Å²) in [5, 5.41) is 1.27. The molecule has 3 atom stereocenters. The lowest BCUT2D eigenvalue weighted by atomic mass is 10.1. The highest BCUT2D eigenvalue weighted by atomic mass is 32.2. The third-order valence-corrected chi connectivity index (χ3v) is 4.81. The van der Waals surface area contributed by atoms with Crippen LogP contribution in [0.25, 0.3) is 0 Å². The topological polar surface area (TPSA) is 3.24 Å². The van der Waals surface area contributed by atoms with Crippen molar-refractivity contribution in [3.8, 4) is 0 Å². The monoisotopic (exact) mass is 207 g/mol. The van der Waals surface area contributed by atoms with Crippen molar-refractivity contribution in [2.75, 3.05) is 7.05 Å². The zero-order valence-corrected chi connectivity index (χ0v) is 9.79. The maximum Gasteiger partial charge on any atom is 0.0535 e. The first kappa shape index (κ1) is 10.1. The van der Waals surface area contributed by atoms with Gasteiger partial charge in [-0.25, -0.2) is 0 Å². The highest BCUT2D eigenvalue weighted by Gasteiger charge is 2.34. The number of benzene rings is 1. The van der Waals surface area contributed by atoms with E-state index in [2.05, 4.69) is 67.9 Å². The van der Waals surface area contributed by atoms with Gasteiger partial charge < -0.3 is 0 Å². The Balaban J connectivity index is 2.21. The molecule has 1 aliphatic rings. The molecular formula is C12H17NS. The van der Waals surface area contributed by atoms with Crippen LogP contribution in [0.4, 0.5) is 0 Å². The van der Waals surface area contributed by atoms with Crippen LogP contribution in [-0.4, -0.2) is 23.4 Å². The zero-order valence-electron chi connectivity index (χ0n) is 8.97. The Bertz CT molecular complexity index is 298. The summed E-state index contributed by atoms with van der Waals surface area (Å²) in [4.78, 5) is 2.45. The van der Waals surface area contributed by atoms with Crippen LogP contribution in [-0.2, 0) is 0 Å². The van der Waals surface area contributed by atoms with Gasteiger partial charge >= 0.3 is 0 Å². The molecule has 1 nitrogen and oxygen atoms in total. The minimum Gasteiger partial charge on any atom is -0.291 e. The third-order valence-electron chi connectivity index (χ3n) is 3.13. The van der Waals surface area contributed by atoms with Gasteiger partial charge in [0.1, 0.15) is 0 Å². The van der Waals surface area contributed by atoms with E-state index < -0.39 is 0 Å². The molecule has 0 radical (unpaired) electrons. The lowest BCUT2D eigenvalue weighted by molar-refractivity contribution is 0.271. The quantitative estimate of drug-likeness (QED) is 0.696. The molecule has 0 saturated carbocycles. The van der Waals surface area contributed by atoms with Gasteiger partial charge in [-0.05, 0) is 26.5 Å². The fraction of sp³-hybridized carbons (Fsp3) is 0.500. The number of hydrogen-bond donors (Lipinski definition) is 0. The fourth-order valence-corrected chi connectivity index (χ4v) is 3.51. The molecule has 1 aliphatic heterocycles. The lowest BCUT2D eigenvalue weighted by Gasteiger charge is -2.20. The molecular weight excluding hydrogens is 190 g/mol. The van der Waals surface area contributed by atoms with Crippen LogP contribution in [0.2, 0.25) is 0 Å². The lowest BCUT2D eigenvalue weighted by Crippen LogP contribution is -2.29. The molecule has 2 rings (SSSR count). The summed E-state index contributed by atoms with van der Waals surface area (Å²) in [6, 6.07) is 11.5. The van der Waals surface area contributed by atoms with Crippen LogP contribution in [0.1, 0.15) is 24.7 Å². The summed E-state index contributed by atoms with van der Waals surface area (Å²) in [5.41, 5.74) is 1.46. The molecule has 0 N–H and O–H groups in total. The van der Waals surface area contributed by atoms with E-state index in [0.717, 1.165) is 0 Å². The Labute approximate surface area is 90.5 Å². The van der Waals surface area contributed by atoms with E-state index >= 15 is 0 Å². The first-order valence-corrected chi connectivity index (χ1v) is 6.07. The molecule has 0 unspecified atom stereocenters. The average molecular weight is 207 g/mol. The highest BCUT2D eigenvalue weighted by Crippen LogP contribution is 2.44. The van der Waals surface area contributed by atoms with Gasteiger partial charge in [0.2, 0.25) is 0 Å². The zero-order chi connectivity index (χ0) is 10.1. The Kier molecular flexibility index (Phi) is 2.84. The molecule has 1 aromatic rings. The number of hydrogen-bond acceptors (Lipinski definition) is 2. The molecule has 0 bridgehead atoms. The van der Waals surface area contributed by atoms with Crippen molar-refractivity contribution in [2.45, 2.75) is 30.5 Å². The first-order chi connectivity index (χ1) is 6.70. The van der Waals surface area contributed by atoms with E-state index in [4.69, 9.17) is 0 Å². The molecule has 1 fully saturated rings. The predicted octanol–water partition coefficient (Wildman–Crippen LogP) is 3.14. The van der Waals surface area contributed by atoms with E-state index in [0.29, 0.717) is 16.7 Å². The average Bonchev–Trinajstić information content (AvgIpc) is 2.47. The van der Waals surface area contributed by atoms with E-state index in [9.17, 15) is 0 Å². The van der Waals surface area contributed by atoms with Gasteiger partial charge in [0.25, 0.3) is 0 Å². The third kappa shape index (κ3) is 1.69. The molecule has 0 spiro atoms. The van der Waals surface area contributed by atoms with Crippen molar-refractivity contribution in [3.05, 3.63) is 35.9 Å². The second kappa shape index (κ2) is 3.95. The molecule has 2 heteroatoms. The number of nitrogens with zero attached hydrogens (tertiary/aromatic N) is 1. The second-order valence-electron chi connectivity index (χ2n) is 3.97. The van der Waals surface area contributed by atoms with Gasteiger partial charge in [-0.1, -0.05) is 30.3 Å². The van der Waals surface area contributed by atoms with Crippen molar-refractivity contribution in [1.82, 2.24) is 4.90 Å². The minimum atomic E-state index is 0.634. The van der Waals surface area contributed by atoms with Gasteiger partial charge in [-0.2, -0.15) is 0 Å². The van der Waals surface area contributed by atoms with Gasteiger partial charge in [0.05, 0.1) is 5.37 Å². The van der Waals surface area contributed by atoms with Crippen LogP contribution in [0.15, 0.2) is 30.3 Å². The summed E-state index contributed by atoms with van der Waals surface area (Å²) in [6.45, 7) is 4.60. The molecule has 1 aromatic carbocycles. The van der Waals surface area contributed by atoms with Gasteiger partial charge in [0.15, 0.2) is 0 Å². The molecule has 1 saturated heterocycles. The van der Waals surface area contributed by atoms with Crippen molar-refractivity contribution >= 4 is 11.8 Å². The largest absolute Gasteiger partial charge is 0.291 e. The Morgan fingerprint density at radius 1 is 1.14 bits per heavy atom. The summed E-state index contributed by atoms with van der Waals surface area (Å²) >= 11 is 2.06. The number of rotatable bonds is 1. The van der Waals surface area contributed by atoms with E-state index in [-0.39, 0.29) is 0 Å². The maximum atomic E-state index is 2.45. The standard InChI is InChI=1S/C12H17NS/c1-9-12(14-10(2)13(9)3)11-7-5-4-6-8-11/h4-10,12H,1-3H3/t9-,10-,12-/m1/s1. The van der Waals surface area contributed by atoms with Crippen LogP contribution >= 0.6 is 11.8 Å². The first-order valence-electron chi connectivity index (χ1n) is 5.12. The molecule has 1 heterocycles. The molecule has 0 aliphatic carbocycles. The fourth-order valence-electron chi connectivity index (χ4n) is 1.97. The maximum absolute atomic E-state index is 2.45. The van der Waals surface area contributed by atoms with E-state index in [1.807, 2.05) is 0 Å². The SMILES string of the molecule is C[C@@H]1[C@H](c2ccccc2)S[C@H](C)N1C. The highest BCUT2D eigenvalue weighted by molar-refractivity contribution is 8.00. The summed E-state index contributed by atoms with van der Waals surface area (Å²) < 4.78 is 0. The van der Waals surface area contributed by atoms with E-state index in [1.54, 1.807) is 0 Å². The van der Waals surface area contributed by atoms with Crippen LogP contribution in [0, 0.1) is 0 Å². The van der Waals surface area contributed by atoms with Crippen molar-refractivity contribution in [2.24, 2.45) is 0 Å². The minimum absolute atomic E-state index is 0.634. The van der Waals surface area contributed by atoms with Crippen molar-refractivity contribution < 1.29 is 0 Å². The van der Waals surface area contributed by atoms with E-state index in [1.165, 1.54) is 5.56 Å². The Hall–Kier alpha value is -0.470. The molecule has 0 amide bonds. The Morgan fingerprint density at radius 2 is 1.79 bits per heavy atom. The van der Waals surface area contributed by atoms with Crippen LogP contribution in [0.3, 0.4) is 0 Å². The number of likely N-dealkylation sites (N-methyl/N-ethyl adjacent to an activating group) is 1. The van der Waals surface area contributed by atoms with Crippen LogP contribution < -0.4 is 0 Å². The molecule has 14 heavy (non-hydrogen) atoms. The van der Waals surface area contributed by atoms with Crippen molar-refractivity contribution in [1.29, 1.82) is 0 Å². The summed E-state index contributed by atoms with van der Waals surface area (Å²) in [6.07, 6.45) is 0. The van der Waals surface area contributed by atoms with Gasteiger partial charge in [-0.3, -0.25) is 4.90 Å². The summed E-state index contributed by atoms with van der Waals surface area (Å²) in [5.74, 6) is 0. The van der Waals surface area contributed by atoms with Crippen LogP contribution in [0.5, 0.6) is 0 Å². The summed E-state index contributed by atoms with van der Waals surface area (Å²) in [7, 11) is 2.21. The van der Waals surface area contributed by atoms with Gasteiger partial charge in [0, 0.05) is 11.3 Å². The molecule has 76 valence electrons. The smallest absolute Gasteiger partial charge is 0.0535 e. The second-order valence-corrected chi connectivity index (χ2v) is 5.44. The number of thioether (sulfide) groups is 1.